The molecule has 5 aromatic rings. The Morgan fingerprint density at radius 3 is 2.49 bits per heavy atom. The third-order valence-corrected chi connectivity index (χ3v) is 11.4. The van der Waals surface area contributed by atoms with Gasteiger partial charge in [-0.05, 0) is 97.9 Å². The molecule has 2 aromatic carbocycles. The number of carboxylic acid groups (broad SMARTS) is 1. The molecule has 4 heterocycles. The SMILES string of the molecule is COCc1nc2cc(-c3ccnc4c3cc(C(C)N3CCC(c5ccc(C(=O)O)cc5)CC3)n4C)ccc2n1COCC[Si](C)(C)C. The van der Waals surface area contributed by atoms with Gasteiger partial charge in [0, 0.05) is 52.2 Å². The van der Waals surface area contributed by atoms with E-state index in [0.717, 1.165) is 77.6 Å². The molecule has 0 saturated carbocycles. The zero-order chi connectivity index (χ0) is 33.3. The van der Waals surface area contributed by atoms with E-state index in [-0.39, 0.29) is 6.04 Å². The van der Waals surface area contributed by atoms with Gasteiger partial charge in [0.05, 0.1) is 16.6 Å². The lowest BCUT2D eigenvalue weighted by Gasteiger charge is -2.36. The number of ether oxygens (including phenoxy) is 2. The summed E-state index contributed by atoms with van der Waals surface area (Å²) in [6, 6.07) is 19.7. The van der Waals surface area contributed by atoms with Crippen LogP contribution in [0.2, 0.25) is 25.7 Å². The second-order valence-corrected chi connectivity index (χ2v) is 19.7. The highest BCUT2D eigenvalue weighted by atomic mass is 28.3. The predicted octanol–water partition coefficient (Wildman–Crippen LogP) is 7.69. The molecular weight excluding hydrogens is 607 g/mol. The number of likely N-dealkylation sites (tertiary alicyclic amines) is 1. The lowest BCUT2D eigenvalue weighted by Crippen LogP contribution is -2.35. The first-order valence-corrected chi connectivity index (χ1v) is 20.3. The number of hydrogen-bond acceptors (Lipinski definition) is 6. The van der Waals surface area contributed by atoms with Gasteiger partial charge in [-0.25, -0.2) is 14.8 Å². The summed E-state index contributed by atoms with van der Waals surface area (Å²) in [4.78, 5) is 23.6. The zero-order valence-electron chi connectivity index (χ0n) is 28.5. The fourth-order valence-electron chi connectivity index (χ4n) is 6.86. The minimum absolute atomic E-state index is 0.230. The lowest BCUT2D eigenvalue weighted by atomic mass is 9.88. The maximum Gasteiger partial charge on any atom is 0.335 e. The molecule has 1 N–H and O–H groups in total. The van der Waals surface area contributed by atoms with Gasteiger partial charge in [0.15, 0.2) is 0 Å². The standard InChI is InChI=1S/C37H47N5O4Si/c1-25(41-17-14-27(15-18-41)26-7-9-28(10-8-26)37(43)44)34-22-31-30(13-16-38-36(31)40(34)2)29-11-12-33-32(21-29)39-35(23-45-3)42(33)24-46-19-20-47(4,5)6/h7-13,16,21-22,25,27H,14-15,17-20,23-24H2,1-6H3,(H,43,44). The number of rotatable bonds is 12. The Hall–Kier alpha value is -3.83. The summed E-state index contributed by atoms with van der Waals surface area (Å²) in [5.41, 5.74) is 8.01. The van der Waals surface area contributed by atoms with Gasteiger partial charge in [0.1, 0.15) is 24.8 Å². The van der Waals surface area contributed by atoms with Crippen LogP contribution in [0.15, 0.2) is 60.8 Å². The van der Waals surface area contributed by atoms with Gasteiger partial charge in [-0.15, -0.1) is 0 Å². The van der Waals surface area contributed by atoms with Gasteiger partial charge in [-0.2, -0.15) is 0 Å². The Balaban J connectivity index is 1.22. The van der Waals surface area contributed by atoms with Crippen molar-refractivity contribution in [2.24, 2.45) is 7.05 Å². The van der Waals surface area contributed by atoms with E-state index in [9.17, 15) is 9.90 Å². The number of fused-ring (bicyclic) bond motifs is 2. The normalized spacial score (nSPS) is 15.5. The summed E-state index contributed by atoms with van der Waals surface area (Å²) in [6.07, 6.45) is 4.00. The number of piperidine rings is 1. The Labute approximate surface area is 278 Å². The van der Waals surface area contributed by atoms with E-state index < -0.39 is 14.0 Å². The molecule has 0 aliphatic carbocycles. The number of aromatic nitrogens is 4. The minimum atomic E-state index is -1.17. The molecule has 6 rings (SSSR count). The van der Waals surface area contributed by atoms with Gasteiger partial charge in [-0.3, -0.25) is 4.90 Å². The summed E-state index contributed by atoms with van der Waals surface area (Å²) in [7, 11) is 2.65. The van der Waals surface area contributed by atoms with Crippen LogP contribution in [0, 0.1) is 0 Å². The van der Waals surface area contributed by atoms with Crippen molar-refractivity contribution >= 4 is 36.1 Å². The first-order valence-electron chi connectivity index (χ1n) is 16.6. The average Bonchev–Trinajstić information content (AvgIpc) is 3.58. The van der Waals surface area contributed by atoms with Crippen molar-refractivity contribution in [1.82, 2.24) is 24.0 Å². The van der Waals surface area contributed by atoms with Crippen LogP contribution in [-0.2, 0) is 29.9 Å². The Morgan fingerprint density at radius 2 is 1.81 bits per heavy atom. The van der Waals surface area contributed by atoms with Crippen molar-refractivity contribution in [2.75, 3.05) is 26.8 Å². The summed E-state index contributed by atoms with van der Waals surface area (Å²) >= 11 is 0. The molecule has 0 spiro atoms. The fourth-order valence-corrected chi connectivity index (χ4v) is 7.62. The van der Waals surface area contributed by atoms with Crippen molar-refractivity contribution in [2.45, 2.75) is 70.7 Å². The molecule has 1 saturated heterocycles. The molecule has 3 aromatic heterocycles. The van der Waals surface area contributed by atoms with Gasteiger partial charge < -0.3 is 23.7 Å². The number of nitrogens with zero attached hydrogens (tertiary/aromatic N) is 5. The van der Waals surface area contributed by atoms with Gasteiger partial charge in [-0.1, -0.05) is 37.8 Å². The number of imidazole rings is 1. The second-order valence-electron chi connectivity index (χ2n) is 14.1. The molecule has 1 fully saturated rings. The van der Waals surface area contributed by atoms with Crippen molar-refractivity contribution < 1.29 is 19.4 Å². The number of carboxylic acids is 1. The molecular formula is C37H47N5O4Si. The number of hydrogen-bond donors (Lipinski definition) is 1. The van der Waals surface area contributed by atoms with Crippen LogP contribution < -0.4 is 0 Å². The summed E-state index contributed by atoms with van der Waals surface area (Å²) in [5, 5.41) is 10.4. The zero-order valence-corrected chi connectivity index (χ0v) is 29.5. The topological polar surface area (TPSA) is 94.6 Å². The van der Waals surface area contributed by atoms with Crippen LogP contribution >= 0.6 is 0 Å². The third kappa shape index (κ3) is 7.06. The van der Waals surface area contributed by atoms with Crippen LogP contribution in [-0.4, -0.2) is 70.0 Å². The average molecular weight is 654 g/mol. The predicted molar refractivity (Wildman–Crippen MR) is 190 cm³/mol. The Bertz CT molecular complexity index is 1870. The molecule has 0 amide bonds. The van der Waals surface area contributed by atoms with E-state index in [2.05, 4.69) is 78.0 Å². The number of benzene rings is 2. The van der Waals surface area contributed by atoms with E-state index in [1.54, 1.807) is 19.2 Å². The molecule has 9 nitrogen and oxygen atoms in total. The highest BCUT2D eigenvalue weighted by Crippen LogP contribution is 2.37. The quantitative estimate of drug-likeness (QED) is 0.109. The lowest BCUT2D eigenvalue weighted by molar-refractivity contribution is 0.0696. The fraction of sp³-hybridized carbons (Fsp3) is 0.432. The molecule has 1 atom stereocenters. The van der Waals surface area contributed by atoms with Crippen molar-refractivity contribution in [3.05, 3.63) is 83.4 Å². The van der Waals surface area contributed by atoms with E-state index in [1.807, 2.05) is 18.3 Å². The van der Waals surface area contributed by atoms with Crippen LogP contribution in [0.3, 0.4) is 0 Å². The number of aromatic carboxylic acids is 1. The smallest absolute Gasteiger partial charge is 0.335 e. The van der Waals surface area contributed by atoms with Gasteiger partial charge in [0.25, 0.3) is 0 Å². The summed E-state index contributed by atoms with van der Waals surface area (Å²) < 4.78 is 16.0. The maximum atomic E-state index is 11.3. The molecule has 0 bridgehead atoms. The van der Waals surface area contributed by atoms with Crippen molar-refractivity contribution in [3.8, 4) is 11.1 Å². The van der Waals surface area contributed by atoms with Crippen LogP contribution in [0.1, 0.15) is 59.2 Å². The number of pyridine rings is 1. The highest BCUT2D eigenvalue weighted by Gasteiger charge is 2.27. The van der Waals surface area contributed by atoms with Crippen LogP contribution in [0.5, 0.6) is 0 Å². The van der Waals surface area contributed by atoms with Gasteiger partial charge >= 0.3 is 5.97 Å². The molecule has 10 heteroatoms. The van der Waals surface area contributed by atoms with Crippen LogP contribution in [0.25, 0.3) is 33.2 Å². The molecule has 1 aliphatic heterocycles. The van der Waals surface area contributed by atoms with E-state index in [1.165, 1.54) is 11.3 Å². The Kier molecular flexibility index (Phi) is 9.66. The van der Waals surface area contributed by atoms with Crippen LogP contribution in [0.4, 0.5) is 0 Å². The van der Waals surface area contributed by atoms with E-state index in [0.29, 0.717) is 24.8 Å². The summed E-state index contributed by atoms with van der Waals surface area (Å²) in [6.45, 7) is 13.0. The first kappa shape index (κ1) is 33.1. The number of aryl methyl sites for hydroxylation is 1. The largest absolute Gasteiger partial charge is 0.478 e. The minimum Gasteiger partial charge on any atom is -0.478 e. The molecule has 47 heavy (non-hydrogen) atoms. The molecule has 0 radical (unpaired) electrons. The monoisotopic (exact) mass is 653 g/mol. The van der Waals surface area contributed by atoms with E-state index >= 15 is 0 Å². The number of carbonyl (C=O) groups is 1. The molecule has 1 unspecified atom stereocenters. The number of methoxy groups -OCH3 is 1. The second kappa shape index (κ2) is 13.7. The first-order chi connectivity index (χ1) is 22.5. The van der Waals surface area contributed by atoms with E-state index in [4.69, 9.17) is 19.4 Å². The maximum absolute atomic E-state index is 11.3. The highest BCUT2D eigenvalue weighted by molar-refractivity contribution is 6.76. The Morgan fingerprint density at radius 1 is 1.06 bits per heavy atom. The van der Waals surface area contributed by atoms with Crippen molar-refractivity contribution in [3.63, 3.8) is 0 Å². The molecule has 248 valence electrons. The van der Waals surface area contributed by atoms with Crippen molar-refractivity contribution in [1.29, 1.82) is 0 Å². The summed E-state index contributed by atoms with van der Waals surface area (Å²) in [5.74, 6) is 0.430. The third-order valence-electron chi connectivity index (χ3n) is 9.73. The van der Waals surface area contributed by atoms with Gasteiger partial charge in [0.2, 0.25) is 0 Å². The molecule has 1 aliphatic rings.